The summed E-state index contributed by atoms with van der Waals surface area (Å²) in [7, 11) is 0. The van der Waals surface area contributed by atoms with E-state index in [9.17, 15) is 9.59 Å². The molecule has 146 valence electrons. The number of ether oxygens (including phenoxy) is 1. The second-order valence-corrected chi connectivity index (χ2v) is 8.47. The summed E-state index contributed by atoms with van der Waals surface area (Å²) in [5.41, 5.74) is 2.07. The van der Waals surface area contributed by atoms with E-state index in [1.165, 1.54) is 4.88 Å². The predicted molar refractivity (Wildman–Crippen MR) is 108 cm³/mol. The Kier molecular flexibility index (Phi) is 5.03. The molecule has 0 spiro atoms. The molecule has 0 amide bonds. The van der Waals surface area contributed by atoms with E-state index >= 15 is 0 Å². The molecule has 0 saturated carbocycles. The first-order chi connectivity index (χ1) is 13.5. The number of aliphatic hydroxyl groups excluding tert-OH is 1. The Morgan fingerprint density at radius 1 is 1.39 bits per heavy atom. The van der Waals surface area contributed by atoms with Crippen LogP contribution in [0.1, 0.15) is 58.6 Å². The fraction of sp³-hybridized carbons (Fsp3) is 0.381. The van der Waals surface area contributed by atoms with E-state index in [1.807, 2.05) is 0 Å². The molecule has 2 heterocycles. The van der Waals surface area contributed by atoms with E-state index in [0.717, 1.165) is 30.4 Å². The minimum absolute atomic E-state index is 0.0829. The molecule has 1 aromatic carbocycles. The SMILES string of the molecule is C[C@H]1CCc2c(sc3nc([C@@H](C)OC(=O)c4ccc(CO)cc4)[nH]c(=O)c23)C1. The topological polar surface area (TPSA) is 92.3 Å². The van der Waals surface area contributed by atoms with Gasteiger partial charge in [-0.15, -0.1) is 11.3 Å². The van der Waals surface area contributed by atoms with Gasteiger partial charge in [-0.25, -0.2) is 9.78 Å². The Bertz CT molecular complexity index is 1080. The van der Waals surface area contributed by atoms with Crippen molar-refractivity contribution in [1.82, 2.24) is 9.97 Å². The molecular weight excluding hydrogens is 376 g/mol. The third kappa shape index (κ3) is 3.47. The number of hydrogen-bond acceptors (Lipinski definition) is 6. The number of nitrogens with one attached hydrogen (secondary N) is 1. The smallest absolute Gasteiger partial charge is 0.338 e. The van der Waals surface area contributed by atoms with Gasteiger partial charge in [-0.3, -0.25) is 4.79 Å². The maximum atomic E-state index is 12.7. The summed E-state index contributed by atoms with van der Waals surface area (Å²) in [6.07, 6.45) is 2.30. The monoisotopic (exact) mass is 398 g/mol. The number of rotatable bonds is 4. The van der Waals surface area contributed by atoms with Gasteiger partial charge in [0.1, 0.15) is 4.83 Å². The van der Waals surface area contributed by atoms with Gasteiger partial charge in [0, 0.05) is 4.88 Å². The van der Waals surface area contributed by atoms with Crippen molar-refractivity contribution in [3.05, 3.63) is 62.0 Å². The number of nitrogens with zero attached hydrogens (tertiary/aromatic N) is 1. The van der Waals surface area contributed by atoms with Gasteiger partial charge in [0.2, 0.25) is 0 Å². The van der Waals surface area contributed by atoms with Crippen molar-refractivity contribution in [1.29, 1.82) is 0 Å². The summed E-state index contributed by atoms with van der Waals surface area (Å²) in [5.74, 6) is 0.472. The summed E-state index contributed by atoms with van der Waals surface area (Å²) in [4.78, 5) is 34.4. The minimum atomic E-state index is -0.680. The first kappa shape index (κ1) is 18.8. The van der Waals surface area contributed by atoms with Crippen LogP contribution in [0.4, 0.5) is 0 Å². The molecule has 28 heavy (non-hydrogen) atoms. The van der Waals surface area contributed by atoms with Gasteiger partial charge in [-0.1, -0.05) is 19.1 Å². The molecule has 6 nitrogen and oxygen atoms in total. The van der Waals surface area contributed by atoms with Crippen LogP contribution in [-0.2, 0) is 24.2 Å². The van der Waals surface area contributed by atoms with Crippen LogP contribution >= 0.6 is 11.3 Å². The second-order valence-electron chi connectivity index (χ2n) is 7.39. The van der Waals surface area contributed by atoms with Gasteiger partial charge in [0.15, 0.2) is 11.9 Å². The first-order valence-corrected chi connectivity index (χ1v) is 10.2. The fourth-order valence-electron chi connectivity index (χ4n) is 3.59. The standard InChI is InChI=1S/C21H22N2O4S/c1-11-3-8-15-16(9-11)28-20-17(15)19(25)22-18(23-20)12(2)27-21(26)14-6-4-13(10-24)5-7-14/h4-7,11-12,24H,3,8-10H2,1-2H3,(H,22,23,25)/t11-,12+/m0/s1. The lowest BCUT2D eigenvalue weighted by atomic mass is 9.89. The van der Waals surface area contributed by atoms with E-state index in [0.29, 0.717) is 27.5 Å². The van der Waals surface area contributed by atoms with E-state index in [-0.39, 0.29) is 12.2 Å². The minimum Gasteiger partial charge on any atom is -0.451 e. The number of aryl methyl sites for hydroxylation is 1. The number of carbonyl (C=O) groups excluding carboxylic acids is 1. The van der Waals surface area contributed by atoms with Crippen LogP contribution in [0.5, 0.6) is 0 Å². The van der Waals surface area contributed by atoms with E-state index in [4.69, 9.17) is 9.84 Å². The van der Waals surface area contributed by atoms with Crippen molar-refractivity contribution in [3.63, 3.8) is 0 Å². The average molecular weight is 398 g/mol. The number of benzene rings is 1. The molecule has 2 aromatic heterocycles. The molecule has 0 saturated heterocycles. The van der Waals surface area contributed by atoms with Gasteiger partial charge in [-0.05, 0) is 55.4 Å². The highest BCUT2D eigenvalue weighted by molar-refractivity contribution is 7.18. The highest BCUT2D eigenvalue weighted by Crippen LogP contribution is 2.36. The van der Waals surface area contributed by atoms with E-state index < -0.39 is 12.1 Å². The van der Waals surface area contributed by atoms with Crippen molar-refractivity contribution in [2.24, 2.45) is 5.92 Å². The number of H-pyrrole nitrogens is 1. The molecule has 3 aromatic rings. The quantitative estimate of drug-likeness (QED) is 0.656. The molecule has 0 radical (unpaired) electrons. The Labute approximate surface area is 166 Å². The van der Waals surface area contributed by atoms with Crippen LogP contribution in [0.3, 0.4) is 0 Å². The molecule has 0 fully saturated rings. The number of thiophene rings is 1. The fourth-order valence-corrected chi connectivity index (χ4v) is 4.98. The largest absolute Gasteiger partial charge is 0.451 e. The zero-order chi connectivity index (χ0) is 19.8. The Hall–Kier alpha value is -2.51. The lowest BCUT2D eigenvalue weighted by Crippen LogP contribution is -2.18. The maximum absolute atomic E-state index is 12.7. The van der Waals surface area contributed by atoms with Crippen molar-refractivity contribution < 1.29 is 14.6 Å². The number of fused-ring (bicyclic) bond motifs is 3. The van der Waals surface area contributed by atoms with E-state index in [1.54, 1.807) is 42.5 Å². The zero-order valence-electron chi connectivity index (χ0n) is 15.8. The second kappa shape index (κ2) is 7.48. The van der Waals surface area contributed by atoms with Crippen LogP contribution < -0.4 is 5.56 Å². The van der Waals surface area contributed by atoms with Gasteiger partial charge < -0.3 is 14.8 Å². The lowest BCUT2D eigenvalue weighted by molar-refractivity contribution is 0.0320. The van der Waals surface area contributed by atoms with Gasteiger partial charge >= 0.3 is 5.97 Å². The highest BCUT2D eigenvalue weighted by Gasteiger charge is 2.24. The third-order valence-corrected chi connectivity index (χ3v) is 6.37. The molecule has 1 aliphatic carbocycles. The number of carbonyl (C=O) groups is 1. The van der Waals surface area contributed by atoms with Crippen LogP contribution in [0, 0.1) is 5.92 Å². The Balaban J connectivity index is 1.59. The molecule has 7 heteroatoms. The van der Waals surface area contributed by atoms with Gasteiger partial charge in [0.25, 0.3) is 5.56 Å². The maximum Gasteiger partial charge on any atom is 0.338 e. The highest BCUT2D eigenvalue weighted by atomic mass is 32.1. The number of aliphatic hydroxyl groups is 1. The van der Waals surface area contributed by atoms with Crippen LogP contribution in [0.2, 0.25) is 0 Å². The number of hydrogen-bond donors (Lipinski definition) is 2. The van der Waals surface area contributed by atoms with Crippen molar-refractivity contribution in [2.45, 2.75) is 45.8 Å². The molecule has 1 aliphatic rings. The summed E-state index contributed by atoms with van der Waals surface area (Å²) < 4.78 is 5.49. The Morgan fingerprint density at radius 3 is 2.86 bits per heavy atom. The van der Waals surface area contributed by atoms with Crippen LogP contribution in [0.25, 0.3) is 10.2 Å². The van der Waals surface area contributed by atoms with Crippen LogP contribution in [0.15, 0.2) is 29.1 Å². The molecule has 2 atom stereocenters. The van der Waals surface area contributed by atoms with E-state index in [2.05, 4.69) is 16.9 Å². The predicted octanol–water partition coefficient (Wildman–Crippen LogP) is 3.52. The van der Waals surface area contributed by atoms with Crippen molar-refractivity contribution in [3.8, 4) is 0 Å². The Morgan fingerprint density at radius 2 is 2.14 bits per heavy atom. The van der Waals surface area contributed by atoms with Crippen LogP contribution in [-0.4, -0.2) is 21.0 Å². The molecule has 0 unspecified atom stereocenters. The first-order valence-electron chi connectivity index (χ1n) is 9.41. The average Bonchev–Trinajstić information content (AvgIpc) is 3.05. The summed E-state index contributed by atoms with van der Waals surface area (Å²) in [6.45, 7) is 3.84. The molecule has 0 aliphatic heterocycles. The number of aromatic nitrogens is 2. The van der Waals surface area contributed by atoms with Crippen molar-refractivity contribution in [2.75, 3.05) is 0 Å². The van der Waals surface area contributed by atoms with Gasteiger partial charge in [-0.2, -0.15) is 0 Å². The normalized spacial score (nSPS) is 17.3. The lowest BCUT2D eigenvalue weighted by Gasteiger charge is -2.17. The number of esters is 1. The molecule has 4 rings (SSSR count). The zero-order valence-corrected chi connectivity index (χ0v) is 16.6. The molecular formula is C21H22N2O4S. The third-order valence-electron chi connectivity index (χ3n) is 5.22. The number of aromatic amines is 1. The van der Waals surface area contributed by atoms with Crippen molar-refractivity contribution >= 4 is 27.5 Å². The van der Waals surface area contributed by atoms with Gasteiger partial charge in [0.05, 0.1) is 17.6 Å². The summed E-state index contributed by atoms with van der Waals surface area (Å²) in [5, 5.41) is 9.78. The molecule has 2 N–H and O–H groups in total. The molecule has 0 bridgehead atoms. The summed E-state index contributed by atoms with van der Waals surface area (Å²) in [6, 6.07) is 6.55. The summed E-state index contributed by atoms with van der Waals surface area (Å²) >= 11 is 1.57.